The SMILES string of the molecule is COc1ncc(Cl)c(Oc2ccc(Br)c(C)c2)n1. The van der Waals surface area contributed by atoms with Crippen molar-refractivity contribution in [3.05, 3.63) is 39.5 Å². The molecule has 0 unspecified atom stereocenters. The number of aromatic nitrogens is 2. The van der Waals surface area contributed by atoms with Gasteiger partial charge in [-0.05, 0) is 30.7 Å². The van der Waals surface area contributed by atoms with Crippen LogP contribution in [0, 0.1) is 6.92 Å². The summed E-state index contributed by atoms with van der Waals surface area (Å²) in [4.78, 5) is 7.92. The number of methoxy groups -OCH3 is 1. The summed E-state index contributed by atoms with van der Waals surface area (Å²) in [6.07, 6.45) is 1.44. The Morgan fingerprint density at radius 3 is 2.78 bits per heavy atom. The monoisotopic (exact) mass is 328 g/mol. The summed E-state index contributed by atoms with van der Waals surface area (Å²) < 4.78 is 11.5. The van der Waals surface area contributed by atoms with Crippen molar-refractivity contribution in [1.29, 1.82) is 0 Å². The highest BCUT2D eigenvalue weighted by Crippen LogP contribution is 2.30. The van der Waals surface area contributed by atoms with E-state index in [9.17, 15) is 0 Å². The van der Waals surface area contributed by atoms with Crippen LogP contribution in [0.15, 0.2) is 28.9 Å². The van der Waals surface area contributed by atoms with Gasteiger partial charge in [0.05, 0.1) is 13.3 Å². The number of nitrogens with zero attached hydrogens (tertiary/aromatic N) is 2. The van der Waals surface area contributed by atoms with Crippen LogP contribution in [-0.2, 0) is 0 Å². The highest BCUT2D eigenvalue weighted by Gasteiger charge is 2.09. The van der Waals surface area contributed by atoms with Crippen molar-refractivity contribution < 1.29 is 9.47 Å². The van der Waals surface area contributed by atoms with Crippen molar-refractivity contribution in [1.82, 2.24) is 9.97 Å². The van der Waals surface area contributed by atoms with Crippen LogP contribution in [0.25, 0.3) is 0 Å². The Morgan fingerprint density at radius 2 is 2.11 bits per heavy atom. The second kappa shape index (κ2) is 5.54. The second-order valence-electron chi connectivity index (χ2n) is 3.52. The standard InChI is InChI=1S/C12H10BrClN2O2/c1-7-5-8(3-4-9(7)13)18-11-10(14)6-15-12(16-11)17-2/h3-6H,1-2H3. The Kier molecular flexibility index (Phi) is 4.04. The van der Waals surface area contributed by atoms with Crippen molar-refractivity contribution in [2.75, 3.05) is 7.11 Å². The van der Waals surface area contributed by atoms with Gasteiger partial charge in [0.1, 0.15) is 10.8 Å². The molecule has 4 nitrogen and oxygen atoms in total. The number of hydrogen-bond donors (Lipinski definition) is 0. The Hall–Kier alpha value is -1.33. The van der Waals surface area contributed by atoms with Crippen molar-refractivity contribution in [3.8, 4) is 17.6 Å². The normalized spacial score (nSPS) is 10.2. The first-order chi connectivity index (χ1) is 8.60. The molecule has 6 heteroatoms. The number of benzene rings is 1. The van der Waals surface area contributed by atoms with Gasteiger partial charge in [-0.25, -0.2) is 4.98 Å². The van der Waals surface area contributed by atoms with Crippen LogP contribution in [0.1, 0.15) is 5.56 Å². The molecule has 94 valence electrons. The lowest BCUT2D eigenvalue weighted by Crippen LogP contribution is -1.95. The van der Waals surface area contributed by atoms with Gasteiger partial charge >= 0.3 is 6.01 Å². The third-order valence-corrected chi connectivity index (χ3v) is 3.37. The molecule has 0 fully saturated rings. The van der Waals surface area contributed by atoms with E-state index < -0.39 is 0 Å². The molecule has 0 N–H and O–H groups in total. The quantitative estimate of drug-likeness (QED) is 0.853. The number of ether oxygens (including phenoxy) is 2. The van der Waals surface area contributed by atoms with E-state index in [4.69, 9.17) is 21.1 Å². The number of rotatable bonds is 3. The fourth-order valence-corrected chi connectivity index (χ4v) is 1.67. The van der Waals surface area contributed by atoms with E-state index in [1.165, 1.54) is 13.3 Å². The van der Waals surface area contributed by atoms with Crippen LogP contribution in [0.3, 0.4) is 0 Å². The molecule has 0 amide bonds. The van der Waals surface area contributed by atoms with E-state index in [1.54, 1.807) is 0 Å². The molecule has 0 saturated heterocycles. The Labute approximate surface area is 118 Å². The van der Waals surface area contributed by atoms with Crippen molar-refractivity contribution in [3.63, 3.8) is 0 Å². The molecule has 18 heavy (non-hydrogen) atoms. The summed E-state index contributed by atoms with van der Waals surface area (Å²) in [7, 11) is 1.48. The zero-order valence-corrected chi connectivity index (χ0v) is 12.1. The molecule has 0 atom stereocenters. The second-order valence-corrected chi connectivity index (χ2v) is 4.78. The zero-order valence-electron chi connectivity index (χ0n) is 9.78. The predicted molar refractivity (Wildman–Crippen MR) is 72.5 cm³/mol. The lowest BCUT2D eigenvalue weighted by Gasteiger charge is -2.08. The number of halogens is 2. The molecular formula is C12H10BrClN2O2. The molecule has 0 aliphatic rings. The minimum Gasteiger partial charge on any atom is -0.467 e. The van der Waals surface area contributed by atoms with Crippen LogP contribution in [0.5, 0.6) is 17.6 Å². The lowest BCUT2D eigenvalue weighted by molar-refractivity contribution is 0.366. The Bertz CT molecular complexity index is 578. The van der Waals surface area contributed by atoms with Gasteiger partial charge in [0, 0.05) is 4.47 Å². The van der Waals surface area contributed by atoms with Crippen molar-refractivity contribution in [2.45, 2.75) is 6.92 Å². The van der Waals surface area contributed by atoms with Crippen molar-refractivity contribution >= 4 is 27.5 Å². The minimum absolute atomic E-state index is 0.211. The third kappa shape index (κ3) is 2.91. The van der Waals surface area contributed by atoms with Crippen LogP contribution >= 0.6 is 27.5 Å². The van der Waals surface area contributed by atoms with E-state index in [1.807, 2.05) is 25.1 Å². The molecule has 0 saturated carbocycles. The smallest absolute Gasteiger partial charge is 0.319 e. The molecule has 1 heterocycles. The van der Waals surface area contributed by atoms with Crippen molar-refractivity contribution in [2.24, 2.45) is 0 Å². The van der Waals surface area contributed by atoms with Gasteiger partial charge in [0.15, 0.2) is 0 Å². The number of aryl methyl sites for hydroxylation is 1. The van der Waals surface area contributed by atoms with E-state index in [-0.39, 0.29) is 11.9 Å². The van der Waals surface area contributed by atoms with Gasteiger partial charge in [-0.1, -0.05) is 27.5 Å². The summed E-state index contributed by atoms with van der Waals surface area (Å²) in [5, 5.41) is 0.330. The Balaban J connectivity index is 2.30. The van der Waals surface area contributed by atoms with Gasteiger partial charge in [0.2, 0.25) is 5.88 Å². The van der Waals surface area contributed by atoms with Crippen LogP contribution < -0.4 is 9.47 Å². The topological polar surface area (TPSA) is 44.2 Å². The molecule has 0 spiro atoms. The number of hydrogen-bond acceptors (Lipinski definition) is 4. The molecule has 2 aromatic rings. The average Bonchev–Trinajstić information content (AvgIpc) is 2.36. The largest absolute Gasteiger partial charge is 0.467 e. The highest BCUT2D eigenvalue weighted by molar-refractivity contribution is 9.10. The first kappa shape index (κ1) is 13.1. The van der Waals surface area contributed by atoms with E-state index in [2.05, 4.69) is 25.9 Å². The van der Waals surface area contributed by atoms with Gasteiger partial charge in [0.25, 0.3) is 0 Å². The lowest BCUT2D eigenvalue weighted by atomic mass is 10.2. The van der Waals surface area contributed by atoms with Crippen LogP contribution in [0.2, 0.25) is 5.02 Å². The molecular weight excluding hydrogens is 320 g/mol. The molecule has 0 radical (unpaired) electrons. The van der Waals surface area contributed by atoms with Crippen LogP contribution in [-0.4, -0.2) is 17.1 Å². The maximum Gasteiger partial charge on any atom is 0.319 e. The first-order valence-electron chi connectivity index (χ1n) is 5.10. The summed E-state index contributed by atoms with van der Waals surface area (Å²) in [6.45, 7) is 1.97. The molecule has 1 aromatic carbocycles. The van der Waals surface area contributed by atoms with E-state index in [0.717, 1.165) is 10.0 Å². The zero-order chi connectivity index (χ0) is 13.1. The van der Waals surface area contributed by atoms with Gasteiger partial charge in [-0.3, -0.25) is 0 Å². The minimum atomic E-state index is 0.211. The van der Waals surface area contributed by atoms with Crippen LogP contribution in [0.4, 0.5) is 0 Å². The molecule has 2 rings (SSSR count). The average molecular weight is 330 g/mol. The summed E-state index contributed by atoms with van der Waals surface area (Å²) in [5.74, 6) is 0.920. The fourth-order valence-electron chi connectivity index (χ4n) is 1.30. The summed E-state index contributed by atoms with van der Waals surface area (Å²) in [6, 6.07) is 5.82. The first-order valence-corrected chi connectivity index (χ1v) is 6.28. The Morgan fingerprint density at radius 1 is 1.33 bits per heavy atom. The summed E-state index contributed by atoms with van der Waals surface area (Å²) >= 11 is 9.38. The maximum absolute atomic E-state index is 5.96. The third-order valence-electron chi connectivity index (χ3n) is 2.22. The molecule has 0 aliphatic carbocycles. The summed E-state index contributed by atoms with van der Waals surface area (Å²) in [5.41, 5.74) is 1.06. The molecule has 0 aliphatic heterocycles. The van der Waals surface area contributed by atoms with E-state index in [0.29, 0.717) is 10.8 Å². The maximum atomic E-state index is 5.96. The van der Waals surface area contributed by atoms with Gasteiger partial charge in [-0.2, -0.15) is 4.98 Å². The molecule has 1 aromatic heterocycles. The van der Waals surface area contributed by atoms with E-state index >= 15 is 0 Å². The fraction of sp³-hybridized carbons (Fsp3) is 0.167. The highest BCUT2D eigenvalue weighted by atomic mass is 79.9. The molecule has 0 bridgehead atoms. The van der Waals surface area contributed by atoms with Gasteiger partial charge in [-0.15, -0.1) is 0 Å². The van der Waals surface area contributed by atoms with Gasteiger partial charge < -0.3 is 9.47 Å². The predicted octanol–water partition coefficient (Wildman–Crippen LogP) is 4.00.